The first-order valence-corrected chi connectivity index (χ1v) is 6.35. The summed E-state index contributed by atoms with van der Waals surface area (Å²) in [5.41, 5.74) is -8.04. The third-order valence-corrected chi connectivity index (χ3v) is 3.31. The minimum Gasteiger partial charge on any atom is -0.370 e. The number of amides is 1. The second-order valence-electron chi connectivity index (χ2n) is 2.48. The van der Waals surface area contributed by atoms with Crippen molar-refractivity contribution >= 4 is 26.1 Å². The summed E-state index contributed by atoms with van der Waals surface area (Å²) in [7, 11) is -13.7. The first kappa shape index (κ1) is 20.2. The number of carbonyl (C=O) groups is 1. The van der Waals surface area contributed by atoms with E-state index in [1.165, 1.54) is 6.92 Å². The highest BCUT2D eigenvalue weighted by atomic mass is 32.3. The molecule has 0 unspecified atom stereocenters. The maximum absolute atomic E-state index is 11.4. The van der Waals surface area contributed by atoms with Gasteiger partial charge in [0.1, 0.15) is 0 Å². The van der Waals surface area contributed by atoms with Crippen molar-refractivity contribution in [2.24, 2.45) is 5.73 Å². The van der Waals surface area contributed by atoms with Crippen LogP contribution in [0.5, 0.6) is 0 Å². The fourth-order valence-corrected chi connectivity index (χ4v) is 1.76. The van der Waals surface area contributed by atoms with Gasteiger partial charge in [0, 0.05) is 6.92 Å². The quantitative estimate of drug-likeness (QED) is 0.565. The van der Waals surface area contributed by atoms with Gasteiger partial charge in [0.05, 0.1) is 0 Å². The van der Waals surface area contributed by atoms with Crippen LogP contribution in [0.15, 0.2) is 0 Å². The van der Waals surface area contributed by atoms with E-state index in [0.717, 1.165) is 0 Å². The van der Waals surface area contributed by atoms with Gasteiger partial charge in [-0.15, -0.1) is 3.63 Å². The summed E-state index contributed by atoms with van der Waals surface area (Å²) >= 11 is 0. The SMILES string of the molecule is CC(N)=O.O=S(=O)(OS(=O)(=O)C(F)(F)F)C(F)(F)F. The van der Waals surface area contributed by atoms with Gasteiger partial charge < -0.3 is 5.73 Å². The molecule has 0 fully saturated rings. The Labute approximate surface area is 102 Å². The van der Waals surface area contributed by atoms with Gasteiger partial charge in [0.15, 0.2) is 0 Å². The van der Waals surface area contributed by atoms with E-state index in [9.17, 15) is 48.0 Å². The Bertz CT molecular complexity index is 469. The molecule has 7 nitrogen and oxygen atoms in total. The summed E-state index contributed by atoms with van der Waals surface area (Å²) in [5, 5.41) is 0. The molecule has 0 rings (SSSR count). The van der Waals surface area contributed by atoms with E-state index >= 15 is 0 Å². The van der Waals surface area contributed by atoms with Crippen molar-refractivity contribution in [1.29, 1.82) is 0 Å². The lowest BCUT2D eigenvalue weighted by atomic mass is 10.8. The van der Waals surface area contributed by atoms with Crippen molar-refractivity contribution in [3.8, 4) is 0 Å². The molecule has 0 bridgehead atoms. The van der Waals surface area contributed by atoms with Crippen LogP contribution in [0.3, 0.4) is 0 Å². The average Bonchev–Trinajstić information content (AvgIpc) is 1.94. The topological polar surface area (TPSA) is 121 Å². The van der Waals surface area contributed by atoms with Crippen LogP contribution in [-0.4, -0.2) is 33.8 Å². The summed E-state index contributed by atoms with van der Waals surface area (Å²) in [6.07, 6.45) is 0. The summed E-state index contributed by atoms with van der Waals surface area (Å²) in [6, 6.07) is 0. The highest BCUT2D eigenvalue weighted by Crippen LogP contribution is 2.31. The van der Waals surface area contributed by atoms with Gasteiger partial charge in [0.2, 0.25) is 5.91 Å². The molecule has 116 valence electrons. The molecule has 0 saturated heterocycles. The van der Waals surface area contributed by atoms with Crippen LogP contribution in [0.2, 0.25) is 0 Å². The second-order valence-corrected chi connectivity index (χ2v) is 5.77. The molecule has 0 aliphatic carbocycles. The van der Waals surface area contributed by atoms with E-state index in [-0.39, 0.29) is 5.91 Å². The summed E-state index contributed by atoms with van der Waals surface area (Å²) < 4.78 is 110. The number of halogens is 6. The van der Waals surface area contributed by atoms with Crippen molar-refractivity contribution < 1.29 is 51.6 Å². The zero-order valence-electron chi connectivity index (χ0n) is 8.61. The van der Waals surface area contributed by atoms with E-state index in [2.05, 4.69) is 5.73 Å². The fraction of sp³-hybridized carbons (Fsp3) is 0.750. The Morgan fingerprint density at radius 1 is 0.895 bits per heavy atom. The maximum Gasteiger partial charge on any atom is 0.524 e. The smallest absolute Gasteiger partial charge is 0.370 e. The lowest BCUT2D eigenvalue weighted by Crippen LogP contribution is -2.34. The zero-order chi connectivity index (χ0) is 16.3. The van der Waals surface area contributed by atoms with Crippen molar-refractivity contribution in [3.63, 3.8) is 0 Å². The van der Waals surface area contributed by atoms with E-state index in [0.29, 0.717) is 0 Å². The maximum atomic E-state index is 11.4. The van der Waals surface area contributed by atoms with E-state index < -0.39 is 31.3 Å². The van der Waals surface area contributed by atoms with Crippen LogP contribution in [0.25, 0.3) is 0 Å². The zero-order valence-corrected chi connectivity index (χ0v) is 10.2. The molecule has 0 aliphatic rings. The number of hydrogen-bond donors (Lipinski definition) is 1. The molecular formula is C4H5F6NO6S2. The summed E-state index contributed by atoms with van der Waals surface area (Å²) in [6.45, 7) is 1.31. The molecule has 15 heteroatoms. The first-order valence-electron chi connectivity index (χ1n) is 3.53. The normalized spacial score (nSPS) is 13.4. The molecule has 0 aromatic carbocycles. The number of carbonyl (C=O) groups excluding carboxylic acids is 1. The van der Waals surface area contributed by atoms with Gasteiger partial charge in [-0.1, -0.05) is 0 Å². The molecule has 0 heterocycles. The molecule has 0 radical (unpaired) electrons. The fourth-order valence-electron chi connectivity index (χ4n) is 0.195. The van der Waals surface area contributed by atoms with Crippen LogP contribution >= 0.6 is 0 Å². The van der Waals surface area contributed by atoms with E-state index in [1.54, 1.807) is 0 Å². The molecule has 1 amide bonds. The van der Waals surface area contributed by atoms with Crippen LogP contribution in [0, 0.1) is 0 Å². The highest BCUT2D eigenvalue weighted by molar-refractivity contribution is 8.00. The van der Waals surface area contributed by atoms with Crippen molar-refractivity contribution in [3.05, 3.63) is 0 Å². The van der Waals surface area contributed by atoms with Gasteiger partial charge >= 0.3 is 31.3 Å². The molecule has 0 atom stereocenters. The third-order valence-electron chi connectivity index (χ3n) is 0.746. The van der Waals surface area contributed by atoms with Gasteiger partial charge in [-0.2, -0.15) is 43.2 Å². The van der Waals surface area contributed by atoms with Crippen molar-refractivity contribution in [2.45, 2.75) is 17.9 Å². The molecule has 0 aliphatic heterocycles. The highest BCUT2D eigenvalue weighted by Gasteiger charge is 2.57. The van der Waals surface area contributed by atoms with Crippen molar-refractivity contribution in [1.82, 2.24) is 0 Å². The summed E-state index contributed by atoms with van der Waals surface area (Å²) in [4.78, 5) is 9.22. The Morgan fingerprint density at radius 3 is 1.16 bits per heavy atom. The lowest BCUT2D eigenvalue weighted by molar-refractivity contribution is -0.115. The third kappa shape index (κ3) is 7.16. The standard InChI is InChI=1S/C2F6O5S2.C2H5NO/c3-1(4,5)14(9,10)13-15(11,12)2(6,7)8;1-2(3)4/h;1H3,(H2,3,4). The number of hydrogen-bond acceptors (Lipinski definition) is 6. The van der Waals surface area contributed by atoms with Crippen LogP contribution in [0.4, 0.5) is 26.3 Å². The minimum absolute atomic E-state index is 0.333. The first-order chi connectivity index (χ1) is 7.94. The van der Waals surface area contributed by atoms with Crippen molar-refractivity contribution in [2.75, 3.05) is 0 Å². The van der Waals surface area contributed by atoms with Gasteiger partial charge in [-0.3, -0.25) is 4.79 Å². The molecule has 0 saturated carbocycles. The Morgan fingerprint density at radius 2 is 1.05 bits per heavy atom. The molecule has 2 N–H and O–H groups in total. The lowest BCUT2D eigenvalue weighted by Gasteiger charge is -2.09. The molecule has 19 heavy (non-hydrogen) atoms. The number of alkyl halides is 6. The van der Waals surface area contributed by atoms with E-state index in [4.69, 9.17) is 0 Å². The molecular weight excluding hydrogens is 336 g/mol. The van der Waals surface area contributed by atoms with Gasteiger partial charge in [0.25, 0.3) is 0 Å². The number of primary amides is 1. The number of nitrogens with two attached hydrogens (primary N) is 1. The predicted octanol–water partition coefficient (Wildman–Crippen LogP) is 0.194. The van der Waals surface area contributed by atoms with E-state index in [1.807, 2.05) is 3.63 Å². The average molecular weight is 341 g/mol. The molecule has 0 aromatic rings. The second kappa shape index (κ2) is 5.91. The minimum atomic E-state index is -6.85. The molecule has 0 aromatic heterocycles. The van der Waals surface area contributed by atoms with Crippen LogP contribution < -0.4 is 5.73 Å². The Balaban J connectivity index is 0. The predicted molar refractivity (Wildman–Crippen MR) is 45.9 cm³/mol. The molecule has 0 spiro atoms. The van der Waals surface area contributed by atoms with Crippen LogP contribution in [0.1, 0.15) is 6.92 Å². The monoisotopic (exact) mass is 341 g/mol. The van der Waals surface area contributed by atoms with Crippen LogP contribution in [-0.2, 0) is 28.7 Å². The van der Waals surface area contributed by atoms with Gasteiger partial charge in [-0.05, 0) is 0 Å². The van der Waals surface area contributed by atoms with Gasteiger partial charge in [-0.25, -0.2) is 0 Å². The largest absolute Gasteiger partial charge is 0.524 e. The summed E-state index contributed by atoms with van der Waals surface area (Å²) in [5.74, 6) is -0.333. The number of rotatable bonds is 2. The Hall–Kier alpha value is -1.09. The Kier molecular flexibility index (Phi) is 6.29.